The first-order chi connectivity index (χ1) is 13.2. The zero-order valence-corrected chi connectivity index (χ0v) is 17.7. The van der Waals surface area contributed by atoms with Crippen LogP contribution in [0.2, 0.25) is 0 Å². The summed E-state index contributed by atoms with van der Waals surface area (Å²) < 4.78 is 0. The van der Waals surface area contributed by atoms with Crippen molar-refractivity contribution < 1.29 is 24.7 Å². The minimum atomic E-state index is -1.47. The van der Waals surface area contributed by atoms with E-state index in [2.05, 4.69) is 12.2 Å². The quantitative estimate of drug-likeness (QED) is 0.190. The van der Waals surface area contributed by atoms with Gasteiger partial charge in [-0.3, -0.25) is 14.8 Å². The van der Waals surface area contributed by atoms with Crippen LogP contribution < -0.4 is 11.1 Å². The van der Waals surface area contributed by atoms with E-state index < -0.39 is 30.0 Å². The van der Waals surface area contributed by atoms with Crippen LogP contribution in [0.1, 0.15) is 91.4 Å². The highest BCUT2D eigenvalue weighted by molar-refractivity contribution is 5.96. The highest BCUT2D eigenvalue weighted by Crippen LogP contribution is 2.11. The lowest BCUT2D eigenvalue weighted by Crippen LogP contribution is -2.52. The predicted octanol–water partition coefficient (Wildman–Crippen LogP) is 3.10. The molecule has 4 amide bonds. The average Bonchev–Trinajstić information content (AvgIpc) is 2.65. The molecule has 0 aliphatic carbocycles. The third-order valence-corrected chi connectivity index (χ3v) is 4.69. The van der Waals surface area contributed by atoms with Gasteiger partial charge in [0, 0.05) is 0 Å². The second-order valence-electron chi connectivity index (χ2n) is 7.81. The summed E-state index contributed by atoms with van der Waals surface area (Å²) in [6, 6.07) is -2.13. The van der Waals surface area contributed by atoms with Crippen LogP contribution in [-0.2, 0) is 9.59 Å². The van der Waals surface area contributed by atoms with Gasteiger partial charge in [0.25, 0.3) is 5.91 Å². The van der Waals surface area contributed by atoms with E-state index in [9.17, 15) is 24.7 Å². The van der Waals surface area contributed by atoms with E-state index in [4.69, 9.17) is 5.73 Å². The molecule has 28 heavy (non-hydrogen) atoms. The number of carbonyl (C=O) groups excluding carboxylic acids is 3. The number of amides is 4. The Labute approximate surface area is 168 Å². The molecular weight excluding hydrogens is 362 g/mol. The number of hydrogen-bond donors (Lipinski definition) is 4. The standard InChI is InChI=1S/C20H39N3O5/c1-4-5-6-7-8-9-10-11-12-16(18(21)25)22-20(27)23(28)19(26)17(24)14-13-15(2)3/h15-17,24,28H,4-14H2,1-3H3,(H2,21,25)(H,22,27)/t16-,17+/m1/s1. The van der Waals surface area contributed by atoms with Crippen molar-refractivity contribution in [3.05, 3.63) is 0 Å². The fraction of sp³-hybridized carbons (Fsp3) is 0.850. The zero-order chi connectivity index (χ0) is 21.5. The number of unbranched alkanes of at least 4 members (excludes halogenated alkanes) is 7. The van der Waals surface area contributed by atoms with E-state index in [1.807, 2.05) is 13.8 Å². The number of imide groups is 1. The van der Waals surface area contributed by atoms with Gasteiger partial charge in [0.1, 0.15) is 12.1 Å². The molecule has 0 unspecified atom stereocenters. The van der Waals surface area contributed by atoms with Crippen LogP contribution in [0.5, 0.6) is 0 Å². The van der Waals surface area contributed by atoms with Crippen LogP contribution in [0.4, 0.5) is 4.79 Å². The number of nitrogens with one attached hydrogen (secondary N) is 1. The molecule has 0 heterocycles. The minimum absolute atomic E-state index is 0.137. The largest absolute Gasteiger partial charge is 0.383 e. The highest BCUT2D eigenvalue weighted by atomic mass is 16.5. The number of rotatable bonds is 15. The van der Waals surface area contributed by atoms with Crippen molar-refractivity contribution in [1.29, 1.82) is 0 Å². The van der Waals surface area contributed by atoms with Gasteiger partial charge in [-0.05, 0) is 25.2 Å². The Morgan fingerprint density at radius 2 is 1.46 bits per heavy atom. The summed E-state index contributed by atoms with van der Waals surface area (Å²) in [5, 5.41) is 21.6. The van der Waals surface area contributed by atoms with Gasteiger partial charge >= 0.3 is 6.03 Å². The summed E-state index contributed by atoms with van der Waals surface area (Å²) in [6.45, 7) is 6.04. The van der Waals surface area contributed by atoms with E-state index in [0.717, 1.165) is 19.3 Å². The highest BCUT2D eigenvalue weighted by Gasteiger charge is 2.29. The van der Waals surface area contributed by atoms with Crippen LogP contribution in [0.3, 0.4) is 0 Å². The molecule has 8 heteroatoms. The molecule has 0 rings (SSSR count). The maximum Gasteiger partial charge on any atom is 0.349 e. The van der Waals surface area contributed by atoms with E-state index >= 15 is 0 Å². The summed E-state index contributed by atoms with van der Waals surface area (Å²) in [4.78, 5) is 35.5. The van der Waals surface area contributed by atoms with Crippen LogP contribution >= 0.6 is 0 Å². The molecule has 0 aromatic carbocycles. The third-order valence-electron chi connectivity index (χ3n) is 4.69. The van der Waals surface area contributed by atoms with Gasteiger partial charge in [0.15, 0.2) is 0 Å². The SMILES string of the molecule is CCCCCCCCCC[C@@H](NC(=O)N(O)C(=O)[C@@H](O)CCC(C)C)C(N)=O. The maximum atomic E-state index is 12.0. The molecule has 0 saturated heterocycles. The second-order valence-corrected chi connectivity index (χ2v) is 7.81. The van der Waals surface area contributed by atoms with Crippen LogP contribution in [0.25, 0.3) is 0 Å². The first kappa shape index (κ1) is 26.3. The molecule has 0 aromatic heterocycles. The molecule has 2 atom stereocenters. The third kappa shape index (κ3) is 11.9. The normalized spacial score (nSPS) is 13.2. The smallest absolute Gasteiger partial charge is 0.349 e. The van der Waals surface area contributed by atoms with Gasteiger partial charge in [-0.15, -0.1) is 5.06 Å². The number of hydroxylamine groups is 2. The van der Waals surface area contributed by atoms with E-state index in [0.29, 0.717) is 19.3 Å². The fourth-order valence-electron chi connectivity index (χ4n) is 2.83. The van der Waals surface area contributed by atoms with Crippen molar-refractivity contribution in [1.82, 2.24) is 10.4 Å². The molecule has 0 radical (unpaired) electrons. The predicted molar refractivity (Wildman–Crippen MR) is 107 cm³/mol. The molecule has 0 saturated carbocycles. The molecule has 164 valence electrons. The first-order valence-corrected chi connectivity index (χ1v) is 10.5. The number of aliphatic hydroxyl groups is 1. The van der Waals surface area contributed by atoms with Crippen LogP contribution in [0.15, 0.2) is 0 Å². The number of nitrogens with zero attached hydrogens (tertiary/aromatic N) is 1. The molecule has 8 nitrogen and oxygen atoms in total. The number of hydrogen-bond acceptors (Lipinski definition) is 5. The first-order valence-electron chi connectivity index (χ1n) is 10.5. The van der Waals surface area contributed by atoms with E-state index in [1.165, 1.54) is 25.7 Å². The molecule has 0 aromatic rings. The van der Waals surface area contributed by atoms with Crippen molar-refractivity contribution in [3.8, 4) is 0 Å². The Morgan fingerprint density at radius 1 is 0.929 bits per heavy atom. The molecule has 0 bridgehead atoms. The maximum absolute atomic E-state index is 12.0. The second kappa shape index (κ2) is 15.3. The van der Waals surface area contributed by atoms with Crippen molar-refractivity contribution in [2.24, 2.45) is 11.7 Å². The van der Waals surface area contributed by atoms with Crippen molar-refractivity contribution in [2.45, 2.75) is 104 Å². The van der Waals surface area contributed by atoms with Gasteiger partial charge in [-0.1, -0.05) is 72.1 Å². The molecule has 0 fully saturated rings. The van der Waals surface area contributed by atoms with Crippen LogP contribution in [0, 0.1) is 5.92 Å². The Morgan fingerprint density at radius 3 is 1.96 bits per heavy atom. The fourth-order valence-corrected chi connectivity index (χ4v) is 2.83. The lowest BCUT2D eigenvalue weighted by molar-refractivity contribution is -0.162. The van der Waals surface area contributed by atoms with Gasteiger partial charge in [0.2, 0.25) is 5.91 Å². The topological polar surface area (TPSA) is 133 Å². The summed E-state index contributed by atoms with van der Waals surface area (Å²) in [5.74, 6) is -1.57. The molecule has 0 spiro atoms. The summed E-state index contributed by atoms with van der Waals surface area (Å²) in [7, 11) is 0. The Balaban J connectivity index is 4.30. The lowest BCUT2D eigenvalue weighted by atomic mass is 10.0. The number of nitrogens with two attached hydrogens (primary N) is 1. The average molecular weight is 402 g/mol. The molecule has 0 aliphatic heterocycles. The number of urea groups is 1. The number of aliphatic hydroxyl groups excluding tert-OH is 1. The van der Waals surface area contributed by atoms with E-state index in [-0.39, 0.29) is 17.4 Å². The molecular formula is C20H39N3O5. The van der Waals surface area contributed by atoms with Crippen LogP contribution in [-0.4, -0.2) is 45.4 Å². The van der Waals surface area contributed by atoms with Crippen molar-refractivity contribution in [3.63, 3.8) is 0 Å². The Kier molecular flexibility index (Phi) is 14.4. The summed E-state index contributed by atoms with van der Waals surface area (Å²) in [6.07, 6.45) is 8.28. The minimum Gasteiger partial charge on any atom is -0.383 e. The van der Waals surface area contributed by atoms with E-state index in [1.54, 1.807) is 0 Å². The van der Waals surface area contributed by atoms with Crippen molar-refractivity contribution >= 4 is 17.8 Å². The van der Waals surface area contributed by atoms with Gasteiger partial charge in [0.05, 0.1) is 0 Å². The monoisotopic (exact) mass is 401 g/mol. The van der Waals surface area contributed by atoms with Gasteiger partial charge < -0.3 is 16.2 Å². The molecule has 0 aliphatic rings. The Hall–Kier alpha value is -1.67. The number of carbonyl (C=O) groups is 3. The summed E-state index contributed by atoms with van der Waals surface area (Å²) >= 11 is 0. The van der Waals surface area contributed by atoms with Crippen molar-refractivity contribution in [2.75, 3.05) is 0 Å². The zero-order valence-electron chi connectivity index (χ0n) is 17.7. The molecule has 5 N–H and O–H groups in total. The van der Waals surface area contributed by atoms with Gasteiger partial charge in [-0.2, -0.15) is 0 Å². The Bertz CT molecular complexity index is 471. The summed E-state index contributed by atoms with van der Waals surface area (Å²) in [5.41, 5.74) is 5.31. The van der Waals surface area contributed by atoms with Gasteiger partial charge in [-0.25, -0.2) is 4.79 Å². The number of primary amides is 1. The lowest BCUT2D eigenvalue weighted by Gasteiger charge is -2.21.